The molecule has 104 valence electrons. The van der Waals surface area contributed by atoms with Crippen LogP contribution in [0.1, 0.15) is 22.8 Å². The van der Waals surface area contributed by atoms with Crippen molar-refractivity contribution in [3.63, 3.8) is 0 Å². The molecule has 1 heterocycles. The number of nitrogens with one attached hydrogen (secondary N) is 2. The highest BCUT2D eigenvalue weighted by molar-refractivity contribution is 5.96. The Morgan fingerprint density at radius 2 is 2.20 bits per heavy atom. The standard InChI is InChI=1S/C15H16N2O3/c1-3-20-15(18)14-11(5-4-6-12(14)19-2)7-8-13-16-9-10-17-13/h6-10,13,16-17H,3H2,1-2H3/b8-7+. The number of methoxy groups -OCH3 is 1. The quantitative estimate of drug-likeness (QED) is 0.795. The zero-order chi connectivity index (χ0) is 14.4. The smallest absolute Gasteiger partial charge is 0.343 e. The van der Waals surface area contributed by atoms with E-state index >= 15 is 0 Å². The van der Waals surface area contributed by atoms with Gasteiger partial charge in [-0.25, -0.2) is 4.79 Å². The minimum atomic E-state index is -0.431. The summed E-state index contributed by atoms with van der Waals surface area (Å²) >= 11 is 0. The van der Waals surface area contributed by atoms with Crippen molar-refractivity contribution < 1.29 is 14.3 Å². The van der Waals surface area contributed by atoms with Gasteiger partial charge in [-0.05, 0) is 19.1 Å². The Morgan fingerprint density at radius 3 is 2.85 bits per heavy atom. The summed E-state index contributed by atoms with van der Waals surface area (Å²) in [5.74, 6) is -0.00738. The number of ether oxygens (including phenoxy) is 2. The lowest BCUT2D eigenvalue weighted by Gasteiger charge is -2.09. The molecule has 2 rings (SSSR count). The van der Waals surface area contributed by atoms with Crippen LogP contribution in [0.5, 0.6) is 5.75 Å². The predicted molar refractivity (Wildman–Crippen MR) is 74.9 cm³/mol. The molecule has 2 N–H and O–H groups in total. The Hall–Kier alpha value is -2.61. The summed E-state index contributed by atoms with van der Waals surface area (Å²) in [4.78, 5) is 12.0. The number of esters is 1. The molecule has 0 saturated heterocycles. The van der Waals surface area contributed by atoms with E-state index in [0.29, 0.717) is 23.5 Å². The van der Waals surface area contributed by atoms with Crippen molar-refractivity contribution in [1.82, 2.24) is 10.6 Å². The van der Waals surface area contributed by atoms with E-state index in [0.717, 1.165) is 0 Å². The number of hydrogen-bond donors (Lipinski definition) is 2. The van der Waals surface area contributed by atoms with E-state index < -0.39 is 5.97 Å². The minimum absolute atomic E-state index is 0.00959. The Balaban J connectivity index is 2.28. The zero-order valence-corrected chi connectivity index (χ0v) is 11.4. The highest BCUT2D eigenvalue weighted by Gasteiger charge is 2.17. The van der Waals surface area contributed by atoms with Gasteiger partial charge >= 0.3 is 5.97 Å². The fourth-order valence-electron chi connectivity index (χ4n) is 1.80. The van der Waals surface area contributed by atoms with Gasteiger partial charge in [0, 0.05) is 24.0 Å². The zero-order valence-electron chi connectivity index (χ0n) is 11.4. The van der Waals surface area contributed by atoms with Gasteiger partial charge in [0.15, 0.2) is 0 Å². The summed E-state index contributed by atoms with van der Waals surface area (Å²) in [6, 6.07) is 7.30. The number of rotatable bonds is 5. The normalized spacial score (nSPS) is 13.7. The van der Waals surface area contributed by atoms with Crippen molar-refractivity contribution in [2.75, 3.05) is 13.7 Å². The molecule has 0 aromatic heterocycles. The third-order valence-corrected chi connectivity index (χ3v) is 2.72. The van der Waals surface area contributed by atoms with E-state index in [-0.39, 0.29) is 6.17 Å². The molecule has 1 aliphatic heterocycles. The molecule has 1 aliphatic rings. The van der Waals surface area contributed by atoms with Crippen molar-refractivity contribution in [3.05, 3.63) is 47.8 Å². The van der Waals surface area contributed by atoms with Crippen molar-refractivity contribution in [1.29, 1.82) is 0 Å². The summed E-state index contributed by atoms with van der Waals surface area (Å²) in [5, 5.41) is 6.16. The first kappa shape index (κ1) is 13.8. The summed E-state index contributed by atoms with van der Waals surface area (Å²) < 4.78 is 10.2. The topological polar surface area (TPSA) is 59.6 Å². The molecular formula is C15H16N2O3. The molecule has 20 heavy (non-hydrogen) atoms. The van der Waals surface area contributed by atoms with Gasteiger partial charge in [0.1, 0.15) is 17.5 Å². The second-order valence-electron chi connectivity index (χ2n) is 3.99. The summed E-state index contributed by atoms with van der Waals surface area (Å²) in [6.07, 6.45) is 7.26. The second-order valence-corrected chi connectivity index (χ2v) is 3.99. The highest BCUT2D eigenvalue weighted by atomic mass is 16.5. The maximum absolute atomic E-state index is 12.0. The molecule has 0 amide bonds. The molecule has 0 atom stereocenters. The number of carbonyl (C=O) groups excluding carboxylic acids is 1. The maximum Gasteiger partial charge on any atom is 0.343 e. The summed E-state index contributed by atoms with van der Waals surface area (Å²) in [5.41, 5.74) is 0.939. The molecule has 0 bridgehead atoms. The van der Waals surface area contributed by atoms with Crippen LogP contribution >= 0.6 is 0 Å². The van der Waals surface area contributed by atoms with Gasteiger partial charge in [-0.3, -0.25) is 0 Å². The fourth-order valence-corrected chi connectivity index (χ4v) is 1.80. The van der Waals surface area contributed by atoms with Crippen LogP contribution in [0, 0.1) is 12.1 Å². The van der Waals surface area contributed by atoms with Crippen molar-refractivity contribution in [2.45, 2.75) is 13.1 Å². The van der Waals surface area contributed by atoms with Gasteiger partial charge in [-0.15, -0.1) is 0 Å². The van der Waals surface area contributed by atoms with E-state index in [2.05, 4.69) is 22.8 Å². The van der Waals surface area contributed by atoms with Crippen LogP contribution < -0.4 is 15.4 Å². The first-order chi connectivity index (χ1) is 9.76. The van der Waals surface area contributed by atoms with Gasteiger partial charge in [0.25, 0.3) is 0 Å². The van der Waals surface area contributed by atoms with Gasteiger partial charge in [0.05, 0.1) is 13.7 Å². The van der Waals surface area contributed by atoms with Crippen LogP contribution in [0.4, 0.5) is 0 Å². The maximum atomic E-state index is 12.0. The third-order valence-electron chi connectivity index (χ3n) is 2.72. The van der Waals surface area contributed by atoms with Crippen molar-refractivity contribution in [2.24, 2.45) is 0 Å². The average Bonchev–Trinajstić information content (AvgIpc) is 2.98. The van der Waals surface area contributed by atoms with Gasteiger partial charge in [0.2, 0.25) is 0 Å². The lowest BCUT2D eigenvalue weighted by atomic mass is 10.1. The molecule has 0 saturated carbocycles. The van der Waals surface area contributed by atoms with Crippen LogP contribution in [0.15, 0.2) is 24.5 Å². The monoisotopic (exact) mass is 272 g/mol. The van der Waals surface area contributed by atoms with E-state index in [1.807, 2.05) is 18.5 Å². The first-order valence-corrected chi connectivity index (χ1v) is 6.29. The van der Waals surface area contributed by atoms with Crippen molar-refractivity contribution in [3.8, 4) is 5.75 Å². The van der Waals surface area contributed by atoms with E-state index in [1.54, 1.807) is 19.1 Å². The second kappa shape index (κ2) is 6.53. The SMILES string of the molecule is CCOC(=O)c1c(/C=C/C2NC=CN2)c#ccc1OC. The van der Waals surface area contributed by atoms with Gasteiger partial charge < -0.3 is 20.1 Å². The Kier molecular flexibility index (Phi) is 4.51. The molecular weight excluding hydrogens is 256 g/mol. The summed E-state index contributed by atoms with van der Waals surface area (Å²) in [6.45, 7) is 2.07. The lowest BCUT2D eigenvalue weighted by molar-refractivity contribution is 0.0522. The fraction of sp³-hybridized carbons (Fsp3) is 0.267. The molecule has 5 nitrogen and oxygen atoms in total. The van der Waals surface area contributed by atoms with Crippen LogP contribution in [0.3, 0.4) is 0 Å². The number of carbonyl (C=O) groups is 1. The largest absolute Gasteiger partial charge is 0.495 e. The molecule has 5 heteroatoms. The predicted octanol–water partition coefficient (Wildman–Crippen LogP) is 1.48. The molecule has 0 unspecified atom stereocenters. The number of hydrogen-bond acceptors (Lipinski definition) is 5. The van der Waals surface area contributed by atoms with Gasteiger partial charge in [-0.2, -0.15) is 0 Å². The Labute approximate surface area is 118 Å². The highest BCUT2D eigenvalue weighted by Crippen LogP contribution is 2.22. The van der Waals surface area contributed by atoms with Crippen LogP contribution in [0.25, 0.3) is 6.08 Å². The minimum Gasteiger partial charge on any atom is -0.495 e. The Morgan fingerprint density at radius 1 is 1.45 bits per heavy atom. The molecule has 1 aromatic rings. The van der Waals surface area contributed by atoms with E-state index in [9.17, 15) is 4.79 Å². The molecule has 0 fully saturated rings. The molecule has 0 aliphatic carbocycles. The van der Waals surface area contributed by atoms with Crippen LogP contribution in [0.2, 0.25) is 0 Å². The lowest BCUT2D eigenvalue weighted by Crippen LogP contribution is -2.27. The first-order valence-electron chi connectivity index (χ1n) is 6.29. The van der Waals surface area contributed by atoms with Crippen LogP contribution in [-0.2, 0) is 4.74 Å². The molecule has 0 radical (unpaired) electrons. The molecule has 1 aromatic carbocycles. The van der Waals surface area contributed by atoms with Crippen LogP contribution in [-0.4, -0.2) is 25.9 Å². The van der Waals surface area contributed by atoms with E-state index in [1.165, 1.54) is 7.11 Å². The van der Waals surface area contributed by atoms with Crippen molar-refractivity contribution >= 4 is 12.0 Å². The van der Waals surface area contributed by atoms with E-state index in [4.69, 9.17) is 9.47 Å². The average molecular weight is 272 g/mol. The Bertz CT molecular complexity index is 530. The summed E-state index contributed by atoms with van der Waals surface area (Å²) in [7, 11) is 1.50. The van der Waals surface area contributed by atoms with Gasteiger partial charge in [-0.1, -0.05) is 12.1 Å². The molecule has 0 spiro atoms. The third kappa shape index (κ3) is 3.04.